The van der Waals surface area contributed by atoms with Gasteiger partial charge < -0.3 is 15.0 Å². The monoisotopic (exact) mass is 368 g/mol. The number of nitrogens with one attached hydrogen (secondary N) is 1. The Kier molecular flexibility index (Phi) is 6.05. The average molecular weight is 368 g/mol. The molecule has 0 radical (unpaired) electrons. The molecule has 1 saturated heterocycles. The lowest BCUT2D eigenvalue weighted by atomic mass is 10.1. The number of methoxy groups -OCH3 is 1. The van der Waals surface area contributed by atoms with Crippen LogP contribution in [0.4, 0.5) is 0 Å². The van der Waals surface area contributed by atoms with Crippen LogP contribution in [0.25, 0.3) is 0 Å². The van der Waals surface area contributed by atoms with Gasteiger partial charge in [-0.15, -0.1) is 0 Å². The predicted octanol–water partition coefficient (Wildman–Crippen LogP) is 1.23. The molecular weight excluding hydrogens is 344 g/mol. The smallest absolute Gasteiger partial charge is 0.255 e. The lowest BCUT2D eigenvalue weighted by molar-refractivity contribution is -0.128. The van der Waals surface area contributed by atoms with E-state index in [1.54, 1.807) is 11.8 Å². The largest absolute Gasteiger partial charge is 0.496 e. The Morgan fingerprint density at radius 1 is 1.36 bits per heavy atom. The number of amides is 2. The minimum absolute atomic E-state index is 0.0324. The fourth-order valence-electron chi connectivity index (χ4n) is 2.97. The summed E-state index contributed by atoms with van der Waals surface area (Å²) in [6.45, 7) is 4.38. The predicted molar refractivity (Wildman–Crippen MR) is 93.5 cm³/mol. The molecule has 25 heavy (non-hydrogen) atoms. The number of sulfone groups is 1. The Balaban J connectivity index is 2.18. The van der Waals surface area contributed by atoms with E-state index < -0.39 is 15.7 Å². The van der Waals surface area contributed by atoms with Gasteiger partial charge in [0.2, 0.25) is 5.91 Å². The summed E-state index contributed by atoms with van der Waals surface area (Å²) in [6, 6.07) is 4.22. The van der Waals surface area contributed by atoms with E-state index >= 15 is 0 Å². The molecule has 8 heteroatoms. The summed E-state index contributed by atoms with van der Waals surface area (Å²) in [5.41, 5.74) is 0.171. The molecule has 1 aromatic rings. The number of likely N-dealkylation sites (tertiary alicyclic amines) is 1. The van der Waals surface area contributed by atoms with Crippen molar-refractivity contribution in [2.75, 3.05) is 26.0 Å². The third kappa shape index (κ3) is 4.12. The Labute approximate surface area is 148 Å². The second-order valence-corrected chi connectivity index (χ2v) is 8.13. The van der Waals surface area contributed by atoms with E-state index in [1.807, 2.05) is 6.92 Å². The molecule has 1 aliphatic rings. The highest BCUT2D eigenvalue weighted by atomic mass is 32.2. The summed E-state index contributed by atoms with van der Waals surface area (Å²) in [5, 5.41) is 2.79. The van der Waals surface area contributed by atoms with E-state index in [-0.39, 0.29) is 28.2 Å². The molecule has 1 heterocycles. The molecule has 1 unspecified atom stereocenters. The molecular formula is C17H24N2O5S. The van der Waals surface area contributed by atoms with Crippen LogP contribution < -0.4 is 10.1 Å². The van der Waals surface area contributed by atoms with E-state index in [1.165, 1.54) is 25.3 Å². The number of benzene rings is 1. The van der Waals surface area contributed by atoms with E-state index in [9.17, 15) is 18.0 Å². The molecule has 0 bridgehead atoms. The number of likely N-dealkylation sites (N-methyl/N-ethyl adjacent to an activating group) is 1. The van der Waals surface area contributed by atoms with Crippen molar-refractivity contribution in [1.29, 1.82) is 0 Å². The molecule has 0 aromatic heterocycles. The Morgan fingerprint density at radius 3 is 2.68 bits per heavy atom. The van der Waals surface area contributed by atoms with Crippen LogP contribution in [0.3, 0.4) is 0 Å². The van der Waals surface area contributed by atoms with Gasteiger partial charge in [-0.25, -0.2) is 8.42 Å². The van der Waals surface area contributed by atoms with Gasteiger partial charge in [0.25, 0.3) is 5.91 Å². The molecule has 0 spiro atoms. The summed E-state index contributed by atoms with van der Waals surface area (Å²) in [6.07, 6.45) is 1.19. The summed E-state index contributed by atoms with van der Waals surface area (Å²) in [4.78, 5) is 26.1. The third-order valence-electron chi connectivity index (χ3n) is 4.45. The van der Waals surface area contributed by atoms with Crippen molar-refractivity contribution < 1.29 is 22.7 Å². The van der Waals surface area contributed by atoms with Crippen molar-refractivity contribution >= 4 is 21.7 Å². The van der Waals surface area contributed by atoms with E-state index in [0.29, 0.717) is 31.7 Å². The van der Waals surface area contributed by atoms with Crippen molar-refractivity contribution in [3.8, 4) is 5.75 Å². The first kappa shape index (κ1) is 19.2. The maximum atomic E-state index is 12.5. The highest BCUT2D eigenvalue weighted by molar-refractivity contribution is 7.91. The second-order valence-electron chi connectivity index (χ2n) is 5.85. The Hall–Kier alpha value is -2.09. The number of hydrogen-bond donors (Lipinski definition) is 1. The van der Waals surface area contributed by atoms with Crippen LogP contribution in [0.1, 0.15) is 37.0 Å². The summed E-state index contributed by atoms with van der Waals surface area (Å²) < 4.78 is 29.3. The van der Waals surface area contributed by atoms with Crippen molar-refractivity contribution in [1.82, 2.24) is 10.2 Å². The molecule has 1 N–H and O–H groups in total. The zero-order valence-corrected chi connectivity index (χ0v) is 15.6. The molecule has 1 aromatic carbocycles. The zero-order valence-electron chi connectivity index (χ0n) is 14.7. The second kappa shape index (κ2) is 7.86. The molecule has 1 atom stereocenters. The average Bonchev–Trinajstić information content (AvgIpc) is 2.98. The van der Waals surface area contributed by atoms with E-state index in [0.717, 1.165) is 0 Å². The van der Waals surface area contributed by atoms with Crippen LogP contribution in [-0.2, 0) is 14.6 Å². The summed E-state index contributed by atoms with van der Waals surface area (Å²) >= 11 is 0. The van der Waals surface area contributed by atoms with Crippen LogP contribution in [0.5, 0.6) is 5.75 Å². The lowest BCUT2D eigenvalue weighted by Gasteiger charge is -2.23. The summed E-state index contributed by atoms with van der Waals surface area (Å²) in [7, 11) is -1.99. The fraction of sp³-hybridized carbons (Fsp3) is 0.529. The first-order valence-electron chi connectivity index (χ1n) is 8.32. The number of nitrogens with zero attached hydrogens (tertiary/aromatic N) is 1. The van der Waals surface area contributed by atoms with Crippen LogP contribution in [0, 0.1) is 0 Å². The molecule has 1 fully saturated rings. The number of carbonyl (C=O) groups excluding carboxylic acids is 2. The van der Waals surface area contributed by atoms with Crippen molar-refractivity contribution in [2.45, 2.75) is 37.6 Å². The maximum absolute atomic E-state index is 12.5. The highest BCUT2D eigenvalue weighted by Crippen LogP contribution is 2.24. The number of rotatable bonds is 7. The SMILES string of the molecule is CCN1C(=O)CCC1CNC(=O)c1cc(S(=O)(=O)CC)ccc1OC. The van der Waals surface area contributed by atoms with Gasteiger partial charge in [0.05, 0.1) is 23.3 Å². The van der Waals surface area contributed by atoms with Gasteiger partial charge in [0.1, 0.15) is 5.75 Å². The standard InChI is InChI=1S/C17H24N2O5S/c1-4-19-12(6-9-16(19)20)11-18-17(21)14-10-13(25(22,23)5-2)7-8-15(14)24-3/h7-8,10,12H,4-6,9,11H2,1-3H3,(H,18,21). The van der Waals surface area contributed by atoms with E-state index in [2.05, 4.69) is 5.32 Å². The number of hydrogen-bond acceptors (Lipinski definition) is 5. The van der Waals surface area contributed by atoms with Crippen LogP contribution in [-0.4, -0.2) is 57.1 Å². The van der Waals surface area contributed by atoms with Gasteiger partial charge in [0.15, 0.2) is 9.84 Å². The minimum Gasteiger partial charge on any atom is -0.496 e. The van der Waals surface area contributed by atoms with Gasteiger partial charge in [-0.1, -0.05) is 6.92 Å². The van der Waals surface area contributed by atoms with Crippen LogP contribution >= 0.6 is 0 Å². The van der Waals surface area contributed by atoms with Gasteiger partial charge in [-0.3, -0.25) is 9.59 Å². The number of carbonyl (C=O) groups is 2. The number of ether oxygens (including phenoxy) is 1. The normalized spacial score (nSPS) is 17.6. The molecule has 2 amide bonds. The van der Waals surface area contributed by atoms with Gasteiger partial charge in [0, 0.05) is 25.6 Å². The fourth-order valence-corrected chi connectivity index (χ4v) is 3.88. The quantitative estimate of drug-likeness (QED) is 0.781. The maximum Gasteiger partial charge on any atom is 0.255 e. The van der Waals surface area contributed by atoms with Gasteiger partial charge in [-0.05, 0) is 31.5 Å². The molecule has 138 valence electrons. The molecule has 1 aliphatic heterocycles. The van der Waals surface area contributed by atoms with Crippen molar-refractivity contribution in [3.63, 3.8) is 0 Å². The first-order valence-corrected chi connectivity index (χ1v) is 9.97. The van der Waals surface area contributed by atoms with Crippen molar-refractivity contribution in [2.24, 2.45) is 0 Å². The highest BCUT2D eigenvalue weighted by Gasteiger charge is 2.30. The third-order valence-corrected chi connectivity index (χ3v) is 6.18. The van der Waals surface area contributed by atoms with Crippen LogP contribution in [0.2, 0.25) is 0 Å². The van der Waals surface area contributed by atoms with Crippen molar-refractivity contribution in [3.05, 3.63) is 23.8 Å². The Morgan fingerprint density at radius 2 is 2.08 bits per heavy atom. The first-order chi connectivity index (χ1) is 11.8. The lowest BCUT2D eigenvalue weighted by Crippen LogP contribution is -2.41. The van der Waals surface area contributed by atoms with E-state index in [4.69, 9.17) is 4.74 Å². The zero-order chi connectivity index (χ0) is 18.6. The molecule has 0 saturated carbocycles. The van der Waals surface area contributed by atoms with Gasteiger partial charge in [-0.2, -0.15) is 0 Å². The molecule has 7 nitrogen and oxygen atoms in total. The van der Waals surface area contributed by atoms with Gasteiger partial charge >= 0.3 is 0 Å². The summed E-state index contributed by atoms with van der Waals surface area (Å²) in [5.74, 6) is -0.0612. The topological polar surface area (TPSA) is 92.8 Å². The molecule has 0 aliphatic carbocycles. The molecule has 2 rings (SSSR count). The minimum atomic E-state index is -3.42. The Bertz CT molecular complexity index is 760. The van der Waals surface area contributed by atoms with Crippen LogP contribution in [0.15, 0.2) is 23.1 Å².